The van der Waals surface area contributed by atoms with Gasteiger partial charge in [0, 0.05) is 19.3 Å². The Morgan fingerprint density at radius 1 is 1.11 bits per heavy atom. The number of aryl methyl sites for hydroxylation is 1. The summed E-state index contributed by atoms with van der Waals surface area (Å²) in [5.41, 5.74) is 1.41. The molecule has 0 amide bonds. The van der Waals surface area contributed by atoms with Crippen LogP contribution in [0.4, 0.5) is 0 Å². The summed E-state index contributed by atoms with van der Waals surface area (Å²) in [6.07, 6.45) is 7.48. The largest absolute Gasteiger partial charge is 0.381 e. The van der Waals surface area contributed by atoms with Crippen LogP contribution in [0.1, 0.15) is 37.7 Å². The van der Waals surface area contributed by atoms with Crippen molar-refractivity contribution in [1.82, 2.24) is 5.32 Å². The Hall–Kier alpha value is -0.860. The number of piperidine rings is 1. The van der Waals surface area contributed by atoms with E-state index < -0.39 is 0 Å². The normalized spacial score (nSPS) is 19.9. The first-order valence-corrected chi connectivity index (χ1v) is 7.30. The fourth-order valence-electron chi connectivity index (χ4n) is 2.52. The van der Waals surface area contributed by atoms with Crippen LogP contribution < -0.4 is 5.32 Å². The van der Waals surface area contributed by atoms with E-state index in [2.05, 4.69) is 35.6 Å². The molecule has 1 heterocycles. The van der Waals surface area contributed by atoms with Crippen molar-refractivity contribution in [3.63, 3.8) is 0 Å². The molecule has 0 radical (unpaired) electrons. The number of nitrogens with one attached hydrogen (secondary N) is 1. The maximum absolute atomic E-state index is 5.72. The van der Waals surface area contributed by atoms with E-state index in [1.165, 1.54) is 37.8 Å². The first-order chi connectivity index (χ1) is 8.95. The van der Waals surface area contributed by atoms with Gasteiger partial charge in [-0.1, -0.05) is 36.8 Å². The van der Waals surface area contributed by atoms with Crippen molar-refractivity contribution in [2.24, 2.45) is 0 Å². The van der Waals surface area contributed by atoms with Crippen LogP contribution in [0.15, 0.2) is 30.3 Å². The van der Waals surface area contributed by atoms with Gasteiger partial charge in [-0.3, -0.25) is 0 Å². The average Bonchev–Trinajstić information content (AvgIpc) is 2.45. The van der Waals surface area contributed by atoms with Crippen LogP contribution in [0.5, 0.6) is 0 Å². The van der Waals surface area contributed by atoms with Crippen molar-refractivity contribution in [1.29, 1.82) is 0 Å². The molecule has 1 aromatic rings. The monoisotopic (exact) mass is 247 g/mol. The second-order valence-corrected chi connectivity index (χ2v) is 5.14. The van der Waals surface area contributed by atoms with Gasteiger partial charge in [-0.05, 0) is 44.2 Å². The van der Waals surface area contributed by atoms with E-state index in [9.17, 15) is 0 Å². The van der Waals surface area contributed by atoms with E-state index in [1.807, 2.05) is 0 Å². The second kappa shape index (κ2) is 8.28. The summed E-state index contributed by atoms with van der Waals surface area (Å²) >= 11 is 0. The van der Waals surface area contributed by atoms with Gasteiger partial charge in [-0.25, -0.2) is 0 Å². The maximum atomic E-state index is 5.72. The molecule has 0 unspecified atom stereocenters. The zero-order valence-corrected chi connectivity index (χ0v) is 11.2. The Morgan fingerprint density at radius 2 is 2.00 bits per heavy atom. The van der Waals surface area contributed by atoms with Crippen molar-refractivity contribution < 1.29 is 4.74 Å². The van der Waals surface area contributed by atoms with Crippen molar-refractivity contribution in [2.45, 2.75) is 44.6 Å². The molecule has 1 atom stereocenters. The summed E-state index contributed by atoms with van der Waals surface area (Å²) in [6.45, 7) is 2.99. The number of rotatable bonds is 7. The first kappa shape index (κ1) is 13.6. The lowest BCUT2D eigenvalue weighted by molar-refractivity contribution is 0.119. The quantitative estimate of drug-likeness (QED) is 0.747. The van der Waals surface area contributed by atoms with Gasteiger partial charge in [0.2, 0.25) is 0 Å². The van der Waals surface area contributed by atoms with Gasteiger partial charge in [0.1, 0.15) is 0 Å². The maximum Gasteiger partial charge on any atom is 0.0480 e. The third-order valence-corrected chi connectivity index (χ3v) is 3.62. The lowest BCUT2D eigenvalue weighted by Gasteiger charge is -2.23. The summed E-state index contributed by atoms with van der Waals surface area (Å²) in [4.78, 5) is 0. The number of hydrogen-bond donors (Lipinski definition) is 1. The smallest absolute Gasteiger partial charge is 0.0480 e. The van der Waals surface area contributed by atoms with Crippen LogP contribution in [0.3, 0.4) is 0 Å². The van der Waals surface area contributed by atoms with Crippen LogP contribution in [0.2, 0.25) is 0 Å². The van der Waals surface area contributed by atoms with E-state index in [0.717, 1.165) is 26.1 Å². The predicted octanol–water partition coefficient (Wildman–Crippen LogP) is 3.17. The zero-order valence-electron chi connectivity index (χ0n) is 11.2. The molecule has 1 saturated heterocycles. The van der Waals surface area contributed by atoms with Crippen molar-refractivity contribution in [3.05, 3.63) is 35.9 Å². The van der Waals surface area contributed by atoms with E-state index in [4.69, 9.17) is 4.74 Å². The Balaban J connectivity index is 1.46. The highest BCUT2D eigenvalue weighted by Crippen LogP contribution is 2.10. The minimum atomic E-state index is 0.702. The predicted molar refractivity (Wildman–Crippen MR) is 75.8 cm³/mol. The van der Waals surface area contributed by atoms with Crippen LogP contribution in [-0.4, -0.2) is 25.8 Å². The molecule has 1 N–H and O–H groups in total. The third kappa shape index (κ3) is 5.19. The molecule has 2 rings (SSSR count). The molecule has 100 valence electrons. The van der Waals surface area contributed by atoms with Crippen LogP contribution >= 0.6 is 0 Å². The highest BCUT2D eigenvalue weighted by atomic mass is 16.5. The van der Waals surface area contributed by atoms with Gasteiger partial charge >= 0.3 is 0 Å². The molecule has 1 aromatic carbocycles. The molecule has 2 heteroatoms. The summed E-state index contributed by atoms with van der Waals surface area (Å²) in [5.74, 6) is 0. The van der Waals surface area contributed by atoms with Gasteiger partial charge in [0.05, 0.1) is 0 Å². The van der Waals surface area contributed by atoms with Crippen molar-refractivity contribution in [2.75, 3.05) is 19.8 Å². The lowest BCUT2D eigenvalue weighted by Crippen LogP contribution is -2.34. The minimum Gasteiger partial charge on any atom is -0.381 e. The molecule has 0 aromatic heterocycles. The molecule has 18 heavy (non-hydrogen) atoms. The van der Waals surface area contributed by atoms with Crippen molar-refractivity contribution in [3.8, 4) is 0 Å². The molecular weight excluding hydrogens is 222 g/mol. The molecule has 1 aliphatic rings. The summed E-state index contributed by atoms with van der Waals surface area (Å²) in [5, 5.41) is 3.56. The molecule has 2 nitrogen and oxygen atoms in total. The first-order valence-electron chi connectivity index (χ1n) is 7.30. The van der Waals surface area contributed by atoms with Crippen LogP contribution in [0.25, 0.3) is 0 Å². The van der Waals surface area contributed by atoms with Gasteiger partial charge in [-0.15, -0.1) is 0 Å². The fraction of sp³-hybridized carbons (Fsp3) is 0.625. The Kier molecular flexibility index (Phi) is 6.24. The Morgan fingerprint density at radius 3 is 2.78 bits per heavy atom. The SMILES string of the molecule is c1ccc(CCCOCC[C@@H]2CCCCN2)cc1. The van der Waals surface area contributed by atoms with E-state index in [1.54, 1.807) is 0 Å². The van der Waals surface area contributed by atoms with E-state index in [0.29, 0.717) is 6.04 Å². The summed E-state index contributed by atoms with van der Waals surface area (Å²) in [7, 11) is 0. The van der Waals surface area contributed by atoms with Gasteiger partial charge in [0.15, 0.2) is 0 Å². The summed E-state index contributed by atoms with van der Waals surface area (Å²) in [6, 6.07) is 11.3. The molecule has 1 fully saturated rings. The average molecular weight is 247 g/mol. The molecular formula is C16H25NO. The second-order valence-electron chi connectivity index (χ2n) is 5.14. The topological polar surface area (TPSA) is 21.3 Å². The zero-order chi connectivity index (χ0) is 12.5. The summed E-state index contributed by atoms with van der Waals surface area (Å²) < 4.78 is 5.72. The van der Waals surface area contributed by atoms with Crippen LogP contribution in [0, 0.1) is 0 Å². The van der Waals surface area contributed by atoms with E-state index >= 15 is 0 Å². The fourth-order valence-corrected chi connectivity index (χ4v) is 2.52. The number of hydrogen-bond acceptors (Lipinski definition) is 2. The molecule has 0 bridgehead atoms. The van der Waals surface area contributed by atoms with Crippen LogP contribution in [-0.2, 0) is 11.2 Å². The highest BCUT2D eigenvalue weighted by Gasteiger charge is 2.11. The molecule has 0 aliphatic carbocycles. The van der Waals surface area contributed by atoms with Gasteiger partial charge < -0.3 is 10.1 Å². The minimum absolute atomic E-state index is 0.702. The number of benzene rings is 1. The Bertz CT molecular complexity index is 306. The Labute approximate surface area is 111 Å². The van der Waals surface area contributed by atoms with Gasteiger partial charge in [-0.2, -0.15) is 0 Å². The molecule has 1 aliphatic heterocycles. The third-order valence-electron chi connectivity index (χ3n) is 3.62. The lowest BCUT2D eigenvalue weighted by atomic mass is 10.0. The van der Waals surface area contributed by atoms with Gasteiger partial charge in [0.25, 0.3) is 0 Å². The standard InChI is InChI=1S/C16H25NO/c1-2-7-15(8-3-1)9-6-13-18-14-11-16-10-4-5-12-17-16/h1-3,7-8,16-17H,4-6,9-14H2/t16-/m0/s1. The highest BCUT2D eigenvalue weighted by molar-refractivity contribution is 5.14. The molecule has 0 spiro atoms. The number of ether oxygens (including phenoxy) is 1. The molecule has 0 saturated carbocycles. The van der Waals surface area contributed by atoms with Crippen molar-refractivity contribution >= 4 is 0 Å². The van der Waals surface area contributed by atoms with E-state index in [-0.39, 0.29) is 0 Å².